The van der Waals surface area contributed by atoms with E-state index in [2.05, 4.69) is 20.6 Å². The molecular formula is C28H28N6O2. The summed E-state index contributed by atoms with van der Waals surface area (Å²) in [4.78, 5) is 23.2. The van der Waals surface area contributed by atoms with Crippen molar-refractivity contribution < 1.29 is 9.32 Å². The Bertz CT molecular complexity index is 1550. The Morgan fingerprint density at radius 1 is 1.00 bits per heavy atom. The van der Waals surface area contributed by atoms with Gasteiger partial charge in [0, 0.05) is 17.5 Å². The SMILES string of the molecule is Cc1cccc(-c2nc(C(C)C)no2)c1NC(=O)c1cc(-c2ccccc2)nc2c1cnn2C(C)C. The monoisotopic (exact) mass is 480 g/mol. The number of carbonyl (C=O) groups excluding carboxylic acids is 1. The quantitative estimate of drug-likeness (QED) is 0.301. The molecule has 1 amide bonds. The van der Waals surface area contributed by atoms with Crippen LogP contribution in [0.25, 0.3) is 33.7 Å². The number of hydrogen-bond donors (Lipinski definition) is 1. The molecule has 3 aromatic heterocycles. The zero-order valence-corrected chi connectivity index (χ0v) is 21.0. The van der Waals surface area contributed by atoms with Crippen LogP contribution >= 0.6 is 0 Å². The van der Waals surface area contributed by atoms with Crippen LogP contribution in [0.4, 0.5) is 5.69 Å². The maximum absolute atomic E-state index is 13.8. The lowest BCUT2D eigenvalue weighted by atomic mass is 10.0. The summed E-state index contributed by atoms with van der Waals surface area (Å²) in [5.41, 5.74) is 4.98. The van der Waals surface area contributed by atoms with E-state index in [1.54, 1.807) is 6.20 Å². The molecule has 8 heteroatoms. The zero-order valence-electron chi connectivity index (χ0n) is 21.0. The number of nitrogens with one attached hydrogen (secondary N) is 1. The lowest BCUT2D eigenvalue weighted by Gasteiger charge is -2.14. The van der Waals surface area contributed by atoms with Crippen molar-refractivity contribution in [2.24, 2.45) is 0 Å². The van der Waals surface area contributed by atoms with Gasteiger partial charge in [0.1, 0.15) is 0 Å². The summed E-state index contributed by atoms with van der Waals surface area (Å²) >= 11 is 0. The van der Waals surface area contributed by atoms with Crippen molar-refractivity contribution in [2.45, 2.75) is 46.6 Å². The maximum Gasteiger partial charge on any atom is 0.260 e. The van der Waals surface area contributed by atoms with Gasteiger partial charge in [-0.3, -0.25) is 4.79 Å². The summed E-state index contributed by atoms with van der Waals surface area (Å²) in [7, 11) is 0. The van der Waals surface area contributed by atoms with Gasteiger partial charge in [0.2, 0.25) is 0 Å². The van der Waals surface area contributed by atoms with Crippen molar-refractivity contribution >= 4 is 22.6 Å². The highest BCUT2D eigenvalue weighted by Gasteiger charge is 2.22. The second-order valence-electron chi connectivity index (χ2n) is 9.41. The van der Waals surface area contributed by atoms with Gasteiger partial charge >= 0.3 is 0 Å². The second-order valence-corrected chi connectivity index (χ2v) is 9.41. The van der Waals surface area contributed by atoms with Gasteiger partial charge in [-0.25, -0.2) is 9.67 Å². The van der Waals surface area contributed by atoms with E-state index in [1.165, 1.54) is 0 Å². The second kappa shape index (κ2) is 9.37. The van der Waals surface area contributed by atoms with Crippen molar-refractivity contribution in [1.29, 1.82) is 0 Å². The Morgan fingerprint density at radius 2 is 1.78 bits per heavy atom. The maximum atomic E-state index is 13.8. The van der Waals surface area contributed by atoms with E-state index in [4.69, 9.17) is 9.51 Å². The van der Waals surface area contributed by atoms with Crippen LogP contribution < -0.4 is 5.32 Å². The van der Waals surface area contributed by atoms with Crippen molar-refractivity contribution in [3.8, 4) is 22.7 Å². The molecule has 0 atom stereocenters. The molecule has 0 aliphatic carbocycles. The molecule has 0 bridgehead atoms. The van der Waals surface area contributed by atoms with Gasteiger partial charge in [-0.15, -0.1) is 0 Å². The highest BCUT2D eigenvalue weighted by Crippen LogP contribution is 2.32. The minimum absolute atomic E-state index is 0.0904. The summed E-state index contributed by atoms with van der Waals surface area (Å²) < 4.78 is 7.37. The van der Waals surface area contributed by atoms with E-state index in [0.717, 1.165) is 11.1 Å². The number of rotatable bonds is 6. The molecule has 0 fully saturated rings. The molecule has 0 aliphatic rings. The molecule has 36 heavy (non-hydrogen) atoms. The highest BCUT2D eigenvalue weighted by atomic mass is 16.5. The molecule has 5 aromatic rings. The lowest BCUT2D eigenvalue weighted by Crippen LogP contribution is -2.15. The molecule has 5 rings (SSSR count). The minimum Gasteiger partial charge on any atom is -0.334 e. The number of para-hydroxylation sites is 1. The molecule has 0 saturated carbocycles. The van der Waals surface area contributed by atoms with Crippen molar-refractivity contribution in [1.82, 2.24) is 24.9 Å². The molecule has 0 radical (unpaired) electrons. The number of anilines is 1. The predicted octanol–water partition coefficient (Wildman–Crippen LogP) is 6.41. The number of aromatic nitrogens is 5. The van der Waals surface area contributed by atoms with Crippen LogP contribution in [0.1, 0.15) is 61.4 Å². The molecule has 2 aromatic carbocycles. The van der Waals surface area contributed by atoms with Gasteiger partial charge in [0.25, 0.3) is 11.8 Å². The zero-order chi connectivity index (χ0) is 25.4. The summed E-state index contributed by atoms with van der Waals surface area (Å²) in [6.07, 6.45) is 1.71. The first-order valence-corrected chi connectivity index (χ1v) is 12.0. The van der Waals surface area contributed by atoms with E-state index in [-0.39, 0.29) is 17.9 Å². The van der Waals surface area contributed by atoms with Crippen LogP contribution in [0, 0.1) is 6.92 Å². The normalized spacial score (nSPS) is 11.5. The van der Waals surface area contributed by atoms with Gasteiger partial charge in [0.05, 0.1) is 34.1 Å². The fourth-order valence-corrected chi connectivity index (χ4v) is 4.11. The Morgan fingerprint density at radius 3 is 2.47 bits per heavy atom. The first kappa shape index (κ1) is 23.4. The fraction of sp³-hybridized carbons (Fsp3) is 0.250. The fourth-order valence-electron chi connectivity index (χ4n) is 4.11. The number of benzene rings is 2. The van der Waals surface area contributed by atoms with Crippen LogP contribution in [0.5, 0.6) is 0 Å². The topological polar surface area (TPSA) is 98.7 Å². The third-order valence-corrected chi connectivity index (χ3v) is 6.07. The van der Waals surface area contributed by atoms with Gasteiger partial charge in [-0.1, -0.05) is 61.5 Å². The van der Waals surface area contributed by atoms with Crippen molar-refractivity contribution in [3.63, 3.8) is 0 Å². The first-order chi connectivity index (χ1) is 17.3. The molecule has 0 spiro atoms. The average Bonchev–Trinajstić information content (AvgIpc) is 3.53. The third kappa shape index (κ3) is 4.26. The first-order valence-electron chi connectivity index (χ1n) is 12.0. The van der Waals surface area contributed by atoms with Gasteiger partial charge in [-0.05, 0) is 38.5 Å². The highest BCUT2D eigenvalue weighted by molar-refractivity contribution is 6.13. The van der Waals surface area contributed by atoms with E-state index >= 15 is 0 Å². The van der Waals surface area contributed by atoms with E-state index in [0.29, 0.717) is 45.3 Å². The van der Waals surface area contributed by atoms with E-state index in [9.17, 15) is 4.79 Å². The van der Waals surface area contributed by atoms with Gasteiger partial charge in [0.15, 0.2) is 11.5 Å². The summed E-state index contributed by atoms with van der Waals surface area (Å²) in [6.45, 7) is 10.0. The van der Waals surface area contributed by atoms with E-state index in [1.807, 2.05) is 93.9 Å². The molecule has 0 unspecified atom stereocenters. The molecule has 8 nitrogen and oxygen atoms in total. The molecule has 3 heterocycles. The number of pyridine rings is 1. The molecule has 1 N–H and O–H groups in total. The van der Waals surface area contributed by atoms with Gasteiger partial charge in [-0.2, -0.15) is 10.1 Å². The number of carbonyl (C=O) groups is 1. The average molecular weight is 481 g/mol. The Labute approximate surface area is 209 Å². The number of fused-ring (bicyclic) bond motifs is 1. The number of nitrogens with zero attached hydrogens (tertiary/aromatic N) is 5. The van der Waals surface area contributed by atoms with Crippen LogP contribution in [0.15, 0.2) is 65.3 Å². The van der Waals surface area contributed by atoms with Crippen LogP contribution in [-0.4, -0.2) is 30.8 Å². The standard InChI is InChI=1S/C28H28N6O2/c1-16(2)25-32-28(36-33-25)20-13-9-10-18(5)24(20)31-27(35)21-14-23(19-11-7-6-8-12-19)30-26-22(21)15-29-34(26)17(3)4/h6-17H,1-5H3,(H,31,35). The van der Waals surface area contributed by atoms with E-state index < -0.39 is 0 Å². The Hall–Kier alpha value is -4.33. The van der Waals surface area contributed by atoms with Crippen LogP contribution in [-0.2, 0) is 0 Å². The third-order valence-electron chi connectivity index (χ3n) is 6.07. The summed E-state index contributed by atoms with van der Waals surface area (Å²) in [5, 5.41) is 12.4. The summed E-state index contributed by atoms with van der Waals surface area (Å²) in [5.74, 6) is 0.856. The van der Waals surface area contributed by atoms with Crippen molar-refractivity contribution in [2.75, 3.05) is 5.32 Å². The van der Waals surface area contributed by atoms with Gasteiger partial charge < -0.3 is 9.84 Å². The molecule has 0 aliphatic heterocycles. The van der Waals surface area contributed by atoms with Crippen LogP contribution in [0.3, 0.4) is 0 Å². The summed E-state index contributed by atoms with van der Waals surface area (Å²) in [6, 6.07) is 17.4. The number of amides is 1. The number of aryl methyl sites for hydroxylation is 1. The molecular weight excluding hydrogens is 452 g/mol. The smallest absolute Gasteiger partial charge is 0.260 e. The van der Waals surface area contributed by atoms with Crippen molar-refractivity contribution in [3.05, 3.63) is 77.7 Å². The minimum atomic E-state index is -0.262. The number of hydrogen-bond acceptors (Lipinski definition) is 6. The molecule has 0 saturated heterocycles. The predicted molar refractivity (Wildman–Crippen MR) is 140 cm³/mol. The molecule has 182 valence electrons. The Balaban J connectivity index is 1.61. The lowest BCUT2D eigenvalue weighted by molar-refractivity contribution is 0.102. The largest absolute Gasteiger partial charge is 0.334 e. The Kier molecular flexibility index (Phi) is 6.10. The van der Waals surface area contributed by atoms with Crippen LogP contribution in [0.2, 0.25) is 0 Å².